The van der Waals surface area contributed by atoms with Gasteiger partial charge in [0.1, 0.15) is 5.75 Å². The van der Waals surface area contributed by atoms with Gasteiger partial charge in [0.15, 0.2) is 11.5 Å². The van der Waals surface area contributed by atoms with Crippen molar-refractivity contribution in [3.05, 3.63) is 48.0 Å². The van der Waals surface area contributed by atoms with Gasteiger partial charge in [0.25, 0.3) is 5.91 Å². The Labute approximate surface area is 153 Å². The molecule has 6 nitrogen and oxygen atoms in total. The SMILES string of the molecule is COc1ccc(N2CCN(C(=O)c3ccc(OC)c(OC)c3)CC2)cc1. The summed E-state index contributed by atoms with van der Waals surface area (Å²) in [7, 11) is 4.81. The van der Waals surface area contributed by atoms with E-state index in [0.29, 0.717) is 30.2 Å². The van der Waals surface area contributed by atoms with Crippen molar-refractivity contribution in [2.24, 2.45) is 0 Å². The van der Waals surface area contributed by atoms with Gasteiger partial charge in [-0.25, -0.2) is 0 Å². The fourth-order valence-electron chi connectivity index (χ4n) is 3.11. The van der Waals surface area contributed by atoms with Crippen LogP contribution >= 0.6 is 0 Å². The Hall–Kier alpha value is -2.89. The van der Waals surface area contributed by atoms with Gasteiger partial charge in [0, 0.05) is 37.4 Å². The van der Waals surface area contributed by atoms with E-state index in [2.05, 4.69) is 4.90 Å². The maximum absolute atomic E-state index is 12.8. The number of methoxy groups -OCH3 is 3. The fourth-order valence-corrected chi connectivity index (χ4v) is 3.11. The highest BCUT2D eigenvalue weighted by Gasteiger charge is 2.23. The molecule has 1 amide bonds. The van der Waals surface area contributed by atoms with Crippen LogP contribution in [0.15, 0.2) is 42.5 Å². The number of amides is 1. The molecule has 0 aromatic heterocycles. The van der Waals surface area contributed by atoms with E-state index < -0.39 is 0 Å². The molecule has 1 fully saturated rings. The van der Waals surface area contributed by atoms with Gasteiger partial charge < -0.3 is 24.0 Å². The van der Waals surface area contributed by atoms with Crippen LogP contribution in [0.4, 0.5) is 5.69 Å². The summed E-state index contributed by atoms with van der Waals surface area (Å²) < 4.78 is 15.7. The number of hydrogen-bond donors (Lipinski definition) is 0. The van der Waals surface area contributed by atoms with Crippen molar-refractivity contribution in [3.8, 4) is 17.2 Å². The third-order valence-electron chi connectivity index (χ3n) is 4.63. The number of ether oxygens (including phenoxy) is 3. The lowest BCUT2D eigenvalue weighted by Crippen LogP contribution is -2.48. The van der Waals surface area contributed by atoms with Gasteiger partial charge in [-0.1, -0.05) is 0 Å². The minimum Gasteiger partial charge on any atom is -0.497 e. The summed E-state index contributed by atoms with van der Waals surface area (Å²) in [5.41, 5.74) is 1.75. The molecule has 0 bridgehead atoms. The molecule has 2 aromatic rings. The van der Waals surface area contributed by atoms with Crippen LogP contribution in [0.25, 0.3) is 0 Å². The number of benzene rings is 2. The minimum atomic E-state index is 0.0142. The molecule has 2 aromatic carbocycles. The zero-order chi connectivity index (χ0) is 18.5. The highest BCUT2D eigenvalue weighted by molar-refractivity contribution is 5.95. The highest BCUT2D eigenvalue weighted by Crippen LogP contribution is 2.28. The van der Waals surface area contributed by atoms with Crippen molar-refractivity contribution in [2.75, 3.05) is 52.4 Å². The molecule has 0 spiro atoms. The van der Waals surface area contributed by atoms with Gasteiger partial charge in [0.2, 0.25) is 0 Å². The summed E-state index contributed by atoms with van der Waals surface area (Å²) in [5.74, 6) is 2.04. The Morgan fingerprint density at radius 2 is 1.46 bits per heavy atom. The molecule has 26 heavy (non-hydrogen) atoms. The van der Waals surface area contributed by atoms with Crippen LogP contribution in [0.1, 0.15) is 10.4 Å². The monoisotopic (exact) mass is 356 g/mol. The van der Waals surface area contributed by atoms with Crippen molar-refractivity contribution in [1.82, 2.24) is 4.90 Å². The maximum Gasteiger partial charge on any atom is 0.254 e. The first-order valence-corrected chi connectivity index (χ1v) is 8.56. The number of anilines is 1. The molecule has 1 aliphatic rings. The average Bonchev–Trinajstić information content (AvgIpc) is 2.73. The molecule has 0 unspecified atom stereocenters. The van der Waals surface area contributed by atoms with Crippen LogP contribution < -0.4 is 19.1 Å². The molecule has 1 aliphatic heterocycles. The van der Waals surface area contributed by atoms with Crippen LogP contribution in [0.5, 0.6) is 17.2 Å². The fraction of sp³-hybridized carbons (Fsp3) is 0.350. The molecule has 0 radical (unpaired) electrons. The summed E-state index contributed by atoms with van der Waals surface area (Å²) in [4.78, 5) is 16.9. The number of nitrogens with zero attached hydrogens (tertiary/aromatic N) is 2. The first-order chi connectivity index (χ1) is 12.7. The Bertz CT molecular complexity index is 753. The second kappa shape index (κ2) is 7.99. The summed E-state index contributed by atoms with van der Waals surface area (Å²) in [5, 5.41) is 0. The van der Waals surface area contributed by atoms with E-state index in [1.54, 1.807) is 39.5 Å². The number of carbonyl (C=O) groups excluding carboxylic acids is 1. The minimum absolute atomic E-state index is 0.0142. The molecule has 0 aliphatic carbocycles. The maximum atomic E-state index is 12.8. The van der Waals surface area contributed by atoms with Crippen LogP contribution in [-0.4, -0.2) is 58.3 Å². The van der Waals surface area contributed by atoms with Gasteiger partial charge in [-0.3, -0.25) is 4.79 Å². The normalized spacial score (nSPS) is 14.1. The van der Waals surface area contributed by atoms with E-state index in [4.69, 9.17) is 14.2 Å². The lowest BCUT2D eigenvalue weighted by molar-refractivity contribution is 0.0746. The van der Waals surface area contributed by atoms with Crippen LogP contribution in [0.3, 0.4) is 0 Å². The standard InChI is InChI=1S/C20H24N2O4/c1-24-17-7-5-16(6-8-17)21-10-12-22(13-11-21)20(23)15-4-9-18(25-2)19(14-15)26-3/h4-9,14H,10-13H2,1-3H3. The third-order valence-corrected chi connectivity index (χ3v) is 4.63. The van der Waals surface area contributed by atoms with Crippen molar-refractivity contribution < 1.29 is 19.0 Å². The molecule has 138 valence electrons. The lowest BCUT2D eigenvalue weighted by atomic mass is 10.1. The van der Waals surface area contributed by atoms with E-state index in [-0.39, 0.29) is 5.91 Å². The van der Waals surface area contributed by atoms with E-state index >= 15 is 0 Å². The Morgan fingerprint density at radius 1 is 0.808 bits per heavy atom. The van der Waals surface area contributed by atoms with Gasteiger partial charge in [-0.05, 0) is 42.5 Å². The van der Waals surface area contributed by atoms with Crippen molar-refractivity contribution in [3.63, 3.8) is 0 Å². The zero-order valence-corrected chi connectivity index (χ0v) is 15.4. The predicted molar refractivity (Wildman–Crippen MR) is 101 cm³/mol. The van der Waals surface area contributed by atoms with E-state index in [0.717, 1.165) is 24.5 Å². The zero-order valence-electron chi connectivity index (χ0n) is 15.4. The van der Waals surface area contributed by atoms with Gasteiger partial charge in [0.05, 0.1) is 21.3 Å². The van der Waals surface area contributed by atoms with Gasteiger partial charge in [-0.15, -0.1) is 0 Å². The first-order valence-electron chi connectivity index (χ1n) is 8.56. The second-order valence-electron chi connectivity index (χ2n) is 6.05. The second-order valence-corrected chi connectivity index (χ2v) is 6.05. The Morgan fingerprint density at radius 3 is 2.04 bits per heavy atom. The largest absolute Gasteiger partial charge is 0.497 e. The van der Waals surface area contributed by atoms with E-state index in [1.165, 1.54) is 0 Å². The number of rotatable bonds is 5. The van der Waals surface area contributed by atoms with E-state index in [1.807, 2.05) is 29.2 Å². The van der Waals surface area contributed by atoms with Crippen molar-refractivity contribution >= 4 is 11.6 Å². The van der Waals surface area contributed by atoms with Crippen LogP contribution in [0.2, 0.25) is 0 Å². The third kappa shape index (κ3) is 3.69. The van der Waals surface area contributed by atoms with Gasteiger partial charge in [-0.2, -0.15) is 0 Å². The number of carbonyl (C=O) groups is 1. The van der Waals surface area contributed by atoms with Gasteiger partial charge >= 0.3 is 0 Å². The lowest BCUT2D eigenvalue weighted by Gasteiger charge is -2.36. The molecule has 1 saturated heterocycles. The topological polar surface area (TPSA) is 51.2 Å². The molecule has 0 N–H and O–H groups in total. The smallest absolute Gasteiger partial charge is 0.254 e. The Kier molecular flexibility index (Phi) is 5.51. The Balaban J connectivity index is 1.64. The summed E-state index contributed by atoms with van der Waals surface area (Å²) in [6.07, 6.45) is 0. The molecule has 1 heterocycles. The summed E-state index contributed by atoms with van der Waals surface area (Å²) >= 11 is 0. The molecular weight excluding hydrogens is 332 g/mol. The molecule has 6 heteroatoms. The summed E-state index contributed by atoms with van der Waals surface area (Å²) in [6.45, 7) is 2.95. The molecule has 0 atom stereocenters. The van der Waals surface area contributed by atoms with Crippen molar-refractivity contribution in [1.29, 1.82) is 0 Å². The van der Waals surface area contributed by atoms with Crippen molar-refractivity contribution in [2.45, 2.75) is 0 Å². The van der Waals surface area contributed by atoms with Crippen LogP contribution in [0, 0.1) is 0 Å². The van der Waals surface area contributed by atoms with Crippen LogP contribution in [-0.2, 0) is 0 Å². The summed E-state index contributed by atoms with van der Waals surface area (Å²) in [6, 6.07) is 13.3. The average molecular weight is 356 g/mol. The number of piperazine rings is 1. The first kappa shape index (κ1) is 17.9. The quantitative estimate of drug-likeness (QED) is 0.824. The number of hydrogen-bond acceptors (Lipinski definition) is 5. The van der Waals surface area contributed by atoms with E-state index in [9.17, 15) is 4.79 Å². The molecule has 3 rings (SSSR count). The molecular formula is C20H24N2O4. The molecule has 0 saturated carbocycles. The highest BCUT2D eigenvalue weighted by atomic mass is 16.5. The predicted octanol–water partition coefficient (Wildman–Crippen LogP) is 2.67.